The second kappa shape index (κ2) is 3.18. The van der Waals surface area contributed by atoms with Gasteiger partial charge in [0.15, 0.2) is 0 Å². The Kier molecular flexibility index (Phi) is 1.91. The molecule has 0 spiro atoms. The van der Waals surface area contributed by atoms with E-state index < -0.39 is 0 Å². The van der Waals surface area contributed by atoms with Crippen LogP contribution in [0.1, 0.15) is 25.3 Å². The van der Waals surface area contributed by atoms with Gasteiger partial charge >= 0.3 is 6.01 Å². The first-order valence-electron chi connectivity index (χ1n) is 5.14. The Balaban J connectivity index is 2.45. The van der Waals surface area contributed by atoms with Crippen LogP contribution >= 0.6 is 11.3 Å². The van der Waals surface area contributed by atoms with Crippen LogP contribution in [0.4, 0.5) is 0 Å². The highest BCUT2D eigenvalue weighted by Gasteiger charge is 2.13. The van der Waals surface area contributed by atoms with E-state index in [9.17, 15) is 5.11 Å². The van der Waals surface area contributed by atoms with Gasteiger partial charge in [0.2, 0.25) is 4.96 Å². The summed E-state index contributed by atoms with van der Waals surface area (Å²) in [4.78, 5) is 4.71. The number of benzene rings is 1. The first-order chi connectivity index (χ1) is 7.66. The molecule has 0 aliphatic rings. The summed E-state index contributed by atoms with van der Waals surface area (Å²) in [6, 6.07) is 5.98. The summed E-state index contributed by atoms with van der Waals surface area (Å²) in [6.07, 6.45) is 0. The number of aromatic nitrogens is 3. The molecule has 0 atom stereocenters. The Morgan fingerprint density at radius 2 is 2.19 bits per heavy atom. The van der Waals surface area contributed by atoms with Crippen molar-refractivity contribution in [3.05, 3.63) is 23.8 Å². The third-order valence-electron chi connectivity index (χ3n) is 2.63. The third-order valence-corrected chi connectivity index (χ3v) is 3.73. The van der Waals surface area contributed by atoms with Crippen LogP contribution in [0.2, 0.25) is 0 Å². The molecular weight excluding hydrogens is 222 g/mol. The predicted molar refractivity (Wildman–Crippen MR) is 64.1 cm³/mol. The number of hydrogen-bond donors (Lipinski definition) is 1. The summed E-state index contributed by atoms with van der Waals surface area (Å²) in [6.45, 7) is 4.34. The first kappa shape index (κ1) is 9.59. The van der Waals surface area contributed by atoms with E-state index in [1.165, 1.54) is 10.3 Å². The maximum atomic E-state index is 9.25. The molecule has 82 valence electrons. The normalized spacial score (nSPS) is 11.9. The molecule has 0 fully saturated rings. The monoisotopic (exact) mass is 233 g/mol. The van der Waals surface area contributed by atoms with Crippen molar-refractivity contribution in [1.82, 2.24) is 14.6 Å². The lowest BCUT2D eigenvalue weighted by Crippen LogP contribution is -1.88. The fourth-order valence-electron chi connectivity index (χ4n) is 1.88. The highest BCUT2D eigenvalue weighted by atomic mass is 32.1. The van der Waals surface area contributed by atoms with Gasteiger partial charge < -0.3 is 5.11 Å². The smallest absolute Gasteiger partial charge is 0.334 e. The quantitative estimate of drug-likeness (QED) is 0.703. The van der Waals surface area contributed by atoms with Gasteiger partial charge in [0.25, 0.3) is 0 Å². The van der Waals surface area contributed by atoms with E-state index in [-0.39, 0.29) is 6.01 Å². The lowest BCUT2D eigenvalue weighted by molar-refractivity contribution is 0.432. The fourth-order valence-corrected chi connectivity index (χ4v) is 3.09. The van der Waals surface area contributed by atoms with E-state index in [4.69, 9.17) is 0 Å². The maximum Gasteiger partial charge on any atom is 0.334 e. The molecule has 3 aromatic rings. The minimum absolute atomic E-state index is 0.164. The Morgan fingerprint density at radius 3 is 2.94 bits per heavy atom. The van der Waals surface area contributed by atoms with Gasteiger partial charge in [-0.05, 0) is 17.5 Å². The zero-order valence-electron chi connectivity index (χ0n) is 9.01. The summed E-state index contributed by atoms with van der Waals surface area (Å²) in [5, 5.41) is 13.2. The second-order valence-electron chi connectivity index (χ2n) is 4.06. The van der Waals surface area contributed by atoms with Crippen molar-refractivity contribution in [2.75, 3.05) is 0 Å². The van der Waals surface area contributed by atoms with Crippen LogP contribution in [-0.2, 0) is 0 Å². The Labute approximate surface area is 96.2 Å². The van der Waals surface area contributed by atoms with Crippen molar-refractivity contribution in [2.24, 2.45) is 0 Å². The molecule has 4 nitrogen and oxygen atoms in total. The molecule has 0 unspecified atom stereocenters. The van der Waals surface area contributed by atoms with E-state index in [2.05, 4.69) is 30.0 Å². The Hall–Kier alpha value is -1.62. The molecule has 3 rings (SSSR count). The van der Waals surface area contributed by atoms with E-state index in [1.807, 2.05) is 12.1 Å². The largest absolute Gasteiger partial charge is 0.478 e. The fraction of sp³-hybridized carbons (Fsp3) is 0.273. The van der Waals surface area contributed by atoms with Gasteiger partial charge in [-0.2, -0.15) is 9.50 Å². The highest BCUT2D eigenvalue weighted by molar-refractivity contribution is 7.23. The highest BCUT2D eigenvalue weighted by Crippen LogP contribution is 2.32. The summed E-state index contributed by atoms with van der Waals surface area (Å²) in [5.74, 6) is 0.473. The summed E-state index contributed by atoms with van der Waals surface area (Å²) in [7, 11) is 0. The van der Waals surface area contributed by atoms with Crippen molar-refractivity contribution < 1.29 is 5.11 Å². The lowest BCUT2D eigenvalue weighted by Gasteiger charge is -2.05. The van der Waals surface area contributed by atoms with Gasteiger partial charge in [0.05, 0.1) is 10.2 Å². The lowest BCUT2D eigenvalue weighted by atomic mass is 10.0. The minimum Gasteiger partial charge on any atom is -0.478 e. The standard InChI is InChI=1S/C11H11N3OS/c1-6(2)7-4-3-5-8-9(7)16-11-12-10(15)13-14(8)11/h3-6H,1-2H3,(H,13,15). The predicted octanol–water partition coefficient (Wildman–Crippen LogP) is 2.77. The second-order valence-corrected chi connectivity index (χ2v) is 5.04. The summed E-state index contributed by atoms with van der Waals surface area (Å²) < 4.78 is 2.90. The van der Waals surface area contributed by atoms with E-state index in [0.717, 1.165) is 10.5 Å². The molecule has 16 heavy (non-hydrogen) atoms. The molecule has 0 saturated heterocycles. The third kappa shape index (κ3) is 1.21. The molecule has 0 bridgehead atoms. The number of thiazole rings is 1. The van der Waals surface area contributed by atoms with Crippen molar-refractivity contribution in [1.29, 1.82) is 0 Å². The first-order valence-corrected chi connectivity index (χ1v) is 5.95. The van der Waals surface area contributed by atoms with Crippen LogP contribution in [0, 0.1) is 0 Å². The van der Waals surface area contributed by atoms with E-state index in [1.54, 1.807) is 15.9 Å². The molecule has 2 aromatic heterocycles. The van der Waals surface area contributed by atoms with Gasteiger partial charge in [-0.15, -0.1) is 5.10 Å². The van der Waals surface area contributed by atoms with Gasteiger partial charge in [0, 0.05) is 0 Å². The topological polar surface area (TPSA) is 50.4 Å². The molecule has 0 saturated carbocycles. The van der Waals surface area contributed by atoms with Crippen LogP contribution in [0.15, 0.2) is 18.2 Å². The van der Waals surface area contributed by atoms with Gasteiger partial charge in [-0.25, -0.2) is 0 Å². The minimum atomic E-state index is -0.164. The number of rotatable bonds is 1. The molecular formula is C11H11N3OS. The van der Waals surface area contributed by atoms with Crippen molar-refractivity contribution in [2.45, 2.75) is 19.8 Å². The summed E-state index contributed by atoms with van der Waals surface area (Å²) >= 11 is 1.57. The molecule has 0 amide bonds. The van der Waals surface area contributed by atoms with Crippen LogP contribution in [-0.4, -0.2) is 19.7 Å². The van der Waals surface area contributed by atoms with Gasteiger partial charge in [-0.1, -0.05) is 37.3 Å². The molecule has 1 aromatic carbocycles. The number of aromatic hydroxyl groups is 1. The Bertz CT molecular complexity index is 668. The SMILES string of the molecule is CC(C)c1cccc2c1sc1nc(O)nn12. The zero-order valence-corrected chi connectivity index (χ0v) is 9.82. The molecule has 1 N–H and O–H groups in total. The van der Waals surface area contributed by atoms with Crippen LogP contribution in [0.5, 0.6) is 6.01 Å². The number of hydrogen-bond acceptors (Lipinski definition) is 4. The molecule has 5 heteroatoms. The van der Waals surface area contributed by atoms with Gasteiger partial charge in [-0.3, -0.25) is 0 Å². The van der Waals surface area contributed by atoms with E-state index in [0.29, 0.717) is 5.92 Å². The average molecular weight is 233 g/mol. The van der Waals surface area contributed by atoms with Crippen molar-refractivity contribution >= 4 is 26.5 Å². The molecule has 0 aliphatic carbocycles. The van der Waals surface area contributed by atoms with Crippen LogP contribution in [0.25, 0.3) is 15.2 Å². The maximum absolute atomic E-state index is 9.25. The summed E-state index contributed by atoms with van der Waals surface area (Å²) in [5.41, 5.74) is 2.31. The number of nitrogens with zero attached hydrogens (tertiary/aromatic N) is 3. The molecule has 0 radical (unpaired) electrons. The Morgan fingerprint density at radius 1 is 1.38 bits per heavy atom. The number of fused-ring (bicyclic) bond motifs is 3. The average Bonchev–Trinajstić information content (AvgIpc) is 2.72. The molecule has 2 heterocycles. The van der Waals surface area contributed by atoms with Crippen molar-refractivity contribution in [3.63, 3.8) is 0 Å². The van der Waals surface area contributed by atoms with E-state index >= 15 is 0 Å². The molecule has 0 aliphatic heterocycles. The van der Waals surface area contributed by atoms with Crippen LogP contribution in [0.3, 0.4) is 0 Å². The van der Waals surface area contributed by atoms with Crippen molar-refractivity contribution in [3.8, 4) is 6.01 Å². The van der Waals surface area contributed by atoms with Crippen LogP contribution < -0.4 is 0 Å². The zero-order chi connectivity index (χ0) is 11.3. The van der Waals surface area contributed by atoms with Gasteiger partial charge in [0.1, 0.15) is 0 Å².